The number of anilines is 1. The molecule has 0 aliphatic rings. The normalized spacial score (nSPS) is 11.2. The molecule has 3 heteroatoms. The van der Waals surface area contributed by atoms with Gasteiger partial charge in [-0.15, -0.1) is 0 Å². The van der Waals surface area contributed by atoms with Gasteiger partial charge in [0.1, 0.15) is 5.60 Å². The summed E-state index contributed by atoms with van der Waals surface area (Å²) in [4.78, 5) is 11.8. The standard InChI is InChI=1S/C17H27NO2/c1-6-8-9-13-10-11-15(14(7-2)12-13)18-16(19)20-17(3,4)5/h10-12H,6-9H2,1-5H3,(H,18,19). The monoisotopic (exact) mass is 277 g/mol. The lowest BCUT2D eigenvalue weighted by Gasteiger charge is -2.20. The number of amides is 1. The minimum Gasteiger partial charge on any atom is -0.444 e. The number of rotatable bonds is 5. The topological polar surface area (TPSA) is 38.3 Å². The van der Waals surface area contributed by atoms with Crippen molar-refractivity contribution < 1.29 is 9.53 Å². The second-order valence-electron chi connectivity index (χ2n) is 6.08. The number of carbonyl (C=O) groups excluding carboxylic acids is 1. The highest BCUT2D eigenvalue weighted by molar-refractivity contribution is 5.86. The van der Waals surface area contributed by atoms with E-state index >= 15 is 0 Å². The van der Waals surface area contributed by atoms with Crippen LogP contribution in [0.5, 0.6) is 0 Å². The fourth-order valence-electron chi connectivity index (χ4n) is 2.01. The highest BCUT2D eigenvalue weighted by atomic mass is 16.6. The van der Waals surface area contributed by atoms with Crippen molar-refractivity contribution in [3.05, 3.63) is 29.3 Å². The van der Waals surface area contributed by atoms with Gasteiger partial charge in [-0.25, -0.2) is 4.79 Å². The van der Waals surface area contributed by atoms with Gasteiger partial charge in [-0.3, -0.25) is 5.32 Å². The van der Waals surface area contributed by atoms with Crippen molar-refractivity contribution >= 4 is 11.8 Å². The maximum atomic E-state index is 11.8. The quantitative estimate of drug-likeness (QED) is 0.828. The minimum absolute atomic E-state index is 0.395. The van der Waals surface area contributed by atoms with E-state index in [4.69, 9.17) is 4.74 Å². The molecule has 1 N–H and O–H groups in total. The van der Waals surface area contributed by atoms with Gasteiger partial charge in [-0.1, -0.05) is 32.4 Å². The van der Waals surface area contributed by atoms with Crippen molar-refractivity contribution in [2.24, 2.45) is 0 Å². The Morgan fingerprint density at radius 1 is 1.25 bits per heavy atom. The molecule has 0 saturated heterocycles. The zero-order chi connectivity index (χ0) is 15.2. The number of hydrogen-bond acceptors (Lipinski definition) is 2. The number of unbranched alkanes of at least 4 members (excludes halogenated alkanes) is 1. The summed E-state index contributed by atoms with van der Waals surface area (Å²) in [6, 6.07) is 6.25. The molecule has 0 aliphatic heterocycles. The molecule has 0 heterocycles. The van der Waals surface area contributed by atoms with E-state index in [1.54, 1.807) is 0 Å². The van der Waals surface area contributed by atoms with Gasteiger partial charge in [0.2, 0.25) is 0 Å². The maximum Gasteiger partial charge on any atom is 0.412 e. The van der Waals surface area contributed by atoms with Gasteiger partial charge in [0, 0.05) is 5.69 Å². The van der Waals surface area contributed by atoms with Crippen LogP contribution in [0.2, 0.25) is 0 Å². The number of hydrogen-bond donors (Lipinski definition) is 1. The molecular weight excluding hydrogens is 250 g/mol. The Kier molecular flexibility index (Phi) is 6.05. The summed E-state index contributed by atoms with van der Waals surface area (Å²) in [6.07, 6.45) is 3.98. The van der Waals surface area contributed by atoms with Crippen LogP contribution in [0.1, 0.15) is 58.6 Å². The first-order valence-electron chi connectivity index (χ1n) is 7.47. The Bertz CT molecular complexity index is 447. The molecule has 0 aliphatic carbocycles. The fourth-order valence-corrected chi connectivity index (χ4v) is 2.01. The van der Waals surface area contributed by atoms with Crippen molar-refractivity contribution in [2.45, 2.75) is 65.9 Å². The van der Waals surface area contributed by atoms with Gasteiger partial charge in [0.05, 0.1) is 0 Å². The minimum atomic E-state index is -0.475. The van der Waals surface area contributed by atoms with E-state index in [0.29, 0.717) is 0 Å². The summed E-state index contributed by atoms with van der Waals surface area (Å²) in [5.41, 5.74) is 2.86. The largest absolute Gasteiger partial charge is 0.444 e. The Balaban J connectivity index is 2.77. The van der Waals surface area contributed by atoms with Crippen LogP contribution < -0.4 is 5.32 Å². The third-order valence-electron chi connectivity index (χ3n) is 3.01. The number of carbonyl (C=O) groups is 1. The van der Waals surface area contributed by atoms with E-state index in [9.17, 15) is 4.79 Å². The molecule has 0 fully saturated rings. The molecule has 20 heavy (non-hydrogen) atoms. The number of nitrogens with one attached hydrogen (secondary N) is 1. The molecule has 1 rings (SSSR count). The second-order valence-corrected chi connectivity index (χ2v) is 6.08. The van der Waals surface area contributed by atoms with E-state index in [-0.39, 0.29) is 0 Å². The first-order valence-corrected chi connectivity index (χ1v) is 7.47. The van der Waals surface area contributed by atoms with Crippen molar-refractivity contribution in [1.82, 2.24) is 0 Å². The zero-order valence-corrected chi connectivity index (χ0v) is 13.4. The molecule has 0 spiro atoms. The highest BCUT2D eigenvalue weighted by Gasteiger charge is 2.17. The predicted octanol–water partition coefficient (Wildman–Crippen LogP) is 4.94. The van der Waals surface area contributed by atoms with Crippen LogP contribution in [-0.4, -0.2) is 11.7 Å². The highest BCUT2D eigenvalue weighted by Crippen LogP contribution is 2.20. The van der Waals surface area contributed by atoms with Crippen molar-refractivity contribution in [3.63, 3.8) is 0 Å². The van der Waals surface area contributed by atoms with Crippen LogP contribution in [0.15, 0.2) is 18.2 Å². The summed E-state index contributed by atoms with van der Waals surface area (Å²) in [5.74, 6) is 0. The molecule has 112 valence electrons. The molecule has 3 nitrogen and oxygen atoms in total. The Morgan fingerprint density at radius 3 is 2.50 bits per heavy atom. The first-order chi connectivity index (χ1) is 9.35. The number of ether oxygens (including phenoxy) is 1. The smallest absolute Gasteiger partial charge is 0.412 e. The second kappa shape index (κ2) is 7.32. The van der Waals surface area contributed by atoms with Crippen LogP contribution in [-0.2, 0) is 17.6 Å². The molecule has 0 bridgehead atoms. The summed E-state index contributed by atoms with van der Waals surface area (Å²) < 4.78 is 5.29. The molecule has 0 unspecified atom stereocenters. The molecule has 0 radical (unpaired) electrons. The lowest BCUT2D eigenvalue weighted by Crippen LogP contribution is -2.27. The van der Waals surface area contributed by atoms with Crippen molar-refractivity contribution in [2.75, 3.05) is 5.32 Å². The third kappa shape index (κ3) is 5.64. The zero-order valence-electron chi connectivity index (χ0n) is 13.4. The SMILES string of the molecule is CCCCc1ccc(NC(=O)OC(C)(C)C)c(CC)c1. The molecule has 0 atom stereocenters. The van der Waals surface area contributed by atoms with Crippen LogP contribution >= 0.6 is 0 Å². The van der Waals surface area contributed by atoms with Crippen LogP contribution in [0.4, 0.5) is 10.5 Å². The van der Waals surface area contributed by atoms with E-state index in [1.165, 1.54) is 18.4 Å². The lowest BCUT2D eigenvalue weighted by molar-refractivity contribution is 0.0636. The van der Waals surface area contributed by atoms with E-state index in [1.807, 2.05) is 26.8 Å². The summed E-state index contributed by atoms with van der Waals surface area (Å²) in [5, 5.41) is 2.84. The van der Waals surface area contributed by atoms with Gasteiger partial charge in [0.25, 0.3) is 0 Å². The average molecular weight is 277 g/mol. The fraction of sp³-hybridized carbons (Fsp3) is 0.588. The van der Waals surface area contributed by atoms with Crippen molar-refractivity contribution in [1.29, 1.82) is 0 Å². The van der Waals surface area contributed by atoms with Gasteiger partial charge in [0.15, 0.2) is 0 Å². The average Bonchev–Trinajstić information content (AvgIpc) is 2.35. The Labute approximate surface area is 122 Å². The van der Waals surface area contributed by atoms with Gasteiger partial charge >= 0.3 is 6.09 Å². The number of aryl methyl sites for hydroxylation is 2. The lowest BCUT2D eigenvalue weighted by atomic mass is 10.0. The molecule has 1 aromatic rings. The third-order valence-corrected chi connectivity index (χ3v) is 3.01. The Hall–Kier alpha value is -1.51. The van der Waals surface area contributed by atoms with Gasteiger partial charge in [-0.05, 0) is 57.2 Å². The molecular formula is C17H27NO2. The molecule has 0 saturated carbocycles. The van der Waals surface area contributed by atoms with E-state index in [0.717, 1.165) is 24.1 Å². The van der Waals surface area contributed by atoms with Gasteiger partial charge < -0.3 is 4.74 Å². The van der Waals surface area contributed by atoms with Gasteiger partial charge in [-0.2, -0.15) is 0 Å². The van der Waals surface area contributed by atoms with Crippen molar-refractivity contribution in [3.8, 4) is 0 Å². The predicted molar refractivity (Wildman–Crippen MR) is 84.3 cm³/mol. The number of benzene rings is 1. The Morgan fingerprint density at radius 2 is 1.95 bits per heavy atom. The van der Waals surface area contributed by atoms with E-state index in [2.05, 4.69) is 31.3 Å². The van der Waals surface area contributed by atoms with E-state index < -0.39 is 11.7 Å². The summed E-state index contributed by atoms with van der Waals surface area (Å²) in [6.45, 7) is 9.88. The van der Waals surface area contributed by atoms with Crippen LogP contribution in [0.25, 0.3) is 0 Å². The molecule has 1 aromatic carbocycles. The van der Waals surface area contributed by atoms with Crippen LogP contribution in [0.3, 0.4) is 0 Å². The summed E-state index contributed by atoms with van der Waals surface area (Å²) in [7, 11) is 0. The summed E-state index contributed by atoms with van der Waals surface area (Å²) >= 11 is 0. The maximum absolute atomic E-state index is 11.8. The first kappa shape index (κ1) is 16.5. The molecule has 1 amide bonds. The molecule has 0 aromatic heterocycles. The van der Waals surface area contributed by atoms with Crippen LogP contribution in [0, 0.1) is 0 Å².